The van der Waals surface area contributed by atoms with E-state index in [1.807, 2.05) is 6.07 Å². The Kier molecular flexibility index (Phi) is 7.21. The van der Waals surface area contributed by atoms with E-state index in [1.54, 1.807) is 36.4 Å². The third-order valence-electron chi connectivity index (χ3n) is 6.27. The van der Waals surface area contributed by atoms with Crippen LogP contribution in [0.3, 0.4) is 0 Å². The van der Waals surface area contributed by atoms with Crippen LogP contribution in [0.5, 0.6) is 5.88 Å². The Hall–Kier alpha value is -3.34. The van der Waals surface area contributed by atoms with Crippen molar-refractivity contribution in [2.75, 3.05) is 22.7 Å². The van der Waals surface area contributed by atoms with Crippen LogP contribution in [0.1, 0.15) is 41.6 Å². The summed E-state index contributed by atoms with van der Waals surface area (Å²) in [4.78, 5) is 28.8. The van der Waals surface area contributed by atoms with Gasteiger partial charge in [-0.3, -0.25) is 13.9 Å². The molecule has 1 aliphatic carbocycles. The van der Waals surface area contributed by atoms with Gasteiger partial charge in [-0.05, 0) is 54.7 Å². The Balaban J connectivity index is 1.50. The SMILES string of the molecule is CC(=O)NC[C@H]1CN(S(=O)(=O)c2cccc(C3CC3)c2)c2cc(NC(=O)c3c(Cl)cccc3Cl)cnc2O1. The number of benzene rings is 2. The fourth-order valence-electron chi connectivity index (χ4n) is 4.23. The van der Waals surface area contributed by atoms with E-state index in [9.17, 15) is 18.0 Å². The molecule has 2 heterocycles. The van der Waals surface area contributed by atoms with Crippen molar-refractivity contribution in [1.82, 2.24) is 10.3 Å². The molecule has 12 heteroatoms. The highest BCUT2D eigenvalue weighted by Gasteiger charge is 2.36. The first kappa shape index (κ1) is 26.3. The summed E-state index contributed by atoms with van der Waals surface area (Å²) < 4.78 is 34.9. The third kappa shape index (κ3) is 5.43. The second-order valence-electron chi connectivity index (χ2n) is 9.16. The summed E-state index contributed by atoms with van der Waals surface area (Å²) in [5.41, 5.74) is 1.44. The molecular weight excluding hydrogens is 551 g/mol. The average molecular weight is 575 g/mol. The Labute approximate surface area is 230 Å². The van der Waals surface area contributed by atoms with E-state index in [4.69, 9.17) is 27.9 Å². The van der Waals surface area contributed by atoms with Crippen molar-refractivity contribution >= 4 is 56.4 Å². The highest BCUT2D eigenvalue weighted by Crippen LogP contribution is 2.42. The van der Waals surface area contributed by atoms with Crippen molar-refractivity contribution < 1.29 is 22.7 Å². The molecule has 1 aliphatic heterocycles. The zero-order valence-corrected chi connectivity index (χ0v) is 22.6. The van der Waals surface area contributed by atoms with E-state index >= 15 is 0 Å². The molecule has 1 atom stereocenters. The number of halogens is 2. The number of rotatable bonds is 7. The van der Waals surface area contributed by atoms with Crippen LogP contribution < -0.4 is 19.7 Å². The van der Waals surface area contributed by atoms with Gasteiger partial charge in [-0.1, -0.05) is 41.4 Å². The summed E-state index contributed by atoms with van der Waals surface area (Å²) in [6.07, 6.45) is 2.74. The summed E-state index contributed by atoms with van der Waals surface area (Å²) in [5.74, 6) is -0.415. The molecule has 2 aromatic carbocycles. The van der Waals surface area contributed by atoms with Gasteiger partial charge in [0, 0.05) is 6.92 Å². The molecule has 0 saturated heterocycles. The van der Waals surface area contributed by atoms with Crippen molar-refractivity contribution in [2.45, 2.75) is 36.7 Å². The maximum absolute atomic E-state index is 13.9. The van der Waals surface area contributed by atoms with Gasteiger partial charge in [-0.25, -0.2) is 13.4 Å². The number of amides is 2. The molecule has 1 saturated carbocycles. The molecule has 38 heavy (non-hydrogen) atoms. The number of sulfonamides is 1. The summed E-state index contributed by atoms with van der Waals surface area (Å²) >= 11 is 12.3. The number of nitrogens with one attached hydrogen (secondary N) is 2. The smallest absolute Gasteiger partial charge is 0.264 e. The van der Waals surface area contributed by atoms with Gasteiger partial charge in [0.2, 0.25) is 11.8 Å². The first-order valence-corrected chi connectivity index (χ1v) is 14.1. The van der Waals surface area contributed by atoms with Crippen molar-refractivity contribution in [3.63, 3.8) is 0 Å². The largest absolute Gasteiger partial charge is 0.469 e. The minimum Gasteiger partial charge on any atom is -0.469 e. The number of hydrogen-bond acceptors (Lipinski definition) is 6. The average Bonchev–Trinajstić information content (AvgIpc) is 3.73. The highest BCUT2D eigenvalue weighted by atomic mass is 35.5. The highest BCUT2D eigenvalue weighted by molar-refractivity contribution is 7.92. The van der Waals surface area contributed by atoms with E-state index in [0.717, 1.165) is 18.4 Å². The Morgan fingerprint density at radius 1 is 1.11 bits per heavy atom. The number of hydrogen-bond donors (Lipinski definition) is 2. The monoisotopic (exact) mass is 574 g/mol. The molecule has 9 nitrogen and oxygen atoms in total. The fraction of sp³-hybridized carbons (Fsp3) is 0.269. The van der Waals surface area contributed by atoms with Crippen LogP contribution in [0, 0.1) is 0 Å². The number of fused-ring (bicyclic) bond motifs is 1. The summed E-state index contributed by atoms with van der Waals surface area (Å²) in [5, 5.41) is 5.68. The van der Waals surface area contributed by atoms with Crippen LogP contribution in [-0.4, -0.2) is 44.4 Å². The first-order valence-electron chi connectivity index (χ1n) is 11.9. The van der Waals surface area contributed by atoms with Gasteiger partial charge in [0.05, 0.1) is 45.5 Å². The second-order valence-corrected chi connectivity index (χ2v) is 11.8. The first-order chi connectivity index (χ1) is 18.1. The maximum Gasteiger partial charge on any atom is 0.264 e. The van der Waals surface area contributed by atoms with Crippen LogP contribution in [0.4, 0.5) is 11.4 Å². The molecule has 1 fully saturated rings. The zero-order chi connectivity index (χ0) is 27.0. The minimum atomic E-state index is -4.04. The number of pyridine rings is 1. The molecule has 2 N–H and O–H groups in total. The molecule has 3 aromatic rings. The van der Waals surface area contributed by atoms with Crippen LogP contribution >= 0.6 is 23.2 Å². The minimum absolute atomic E-state index is 0.0577. The van der Waals surface area contributed by atoms with Crippen LogP contribution in [0.25, 0.3) is 0 Å². The zero-order valence-electron chi connectivity index (χ0n) is 20.3. The fourth-order valence-corrected chi connectivity index (χ4v) is 6.34. The summed E-state index contributed by atoms with van der Waals surface area (Å²) in [6.45, 7) is 1.39. The van der Waals surface area contributed by atoms with Crippen molar-refractivity contribution in [1.29, 1.82) is 0 Å². The third-order valence-corrected chi connectivity index (χ3v) is 8.68. The van der Waals surface area contributed by atoms with Gasteiger partial charge in [0.25, 0.3) is 15.9 Å². The number of aromatic nitrogens is 1. The molecule has 5 rings (SSSR count). The number of anilines is 2. The van der Waals surface area contributed by atoms with Crippen LogP contribution in [0.2, 0.25) is 10.0 Å². The summed E-state index contributed by atoms with van der Waals surface area (Å²) in [7, 11) is -4.04. The van der Waals surface area contributed by atoms with Gasteiger partial charge in [-0.2, -0.15) is 0 Å². The number of carbonyl (C=O) groups is 2. The molecular formula is C26H24Cl2N4O5S. The Bertz CT molecular complexity index is 1510. The second kappa shape index (κ2) is 10.4. The molecule has 2 aliphatic rings. The van der Waals surface area contributed by atoms with Crippen molar-refractivity contribution in [3.05, 3.63) is 75.9 Å². The lowest BCUT2D eigenvalue weighted by atomic mass is 10.1. The number of carbonyl (C=O) groups excluding carboxylic acids is 2. The van der Waals surface area contributed by atoms with E-state index < -0.39 is 22.0 Å². The standard InChI is InChI=1S/C26H24Cl2N4O5S/c1-15(33)29-13-19-14-32(38(35,36)20-5-2-4-17(10-20)16-8-9-16)23-11-18(12-30-26(23)37-19)31-25(34)24-21(27)6-3-7-22(24)28/h2-7,10-12,16,19H,8-9,13-14H2,1H3,(H,29,33)(H,31,34)/t19-/m0/s1. The topological polar surface area (TPSA) is 118 Å². The lowest BCUT2D eigenvalue weighted by Gasteiger charge is -2.35. The van der Waals surface area contributed by atoms with Gasteiger partial charge in [-0.15, -0.1) is 0 Å². The molecule has 1 aromatic heterocycles. The molecule has 0 bridgehead atoms. The number of nitrogens with zero attached hydrogens (tertiary/aromatic N) is 2. The molecule has 0 unspecified atom stereocenters. The lowest BCUT2D eigenvalue weighted by molar-refractivity contribution is -0.119. The van der Waals surface area contributed by atoms with E-state index in [-0.39, 0.29) is 56.8 Å². The van der Waals surface area contributed by atoms with E-state index in [1.165, 1.54) is 23.5 Å². The van der Waals surface area contributed by atoms with Gasteiger partial charge >= 0.3 is 0 Å². The normalized spacial score (nSPS) is 16.8. The van der Waals surface area contributed by atoms with Crippen molar-refractivity contribution in [2.24, 2.45) is 0 Å². The Morgan fingerprint density at radius 2 is 1.82 bits per heavy atom. The number of ether oxygens (including phenoxy) is 1. The van der Waals surface area contributed by atoms with Crippen molar-refractivity contribution in [3.8, 4) is 5.88 Å². The van der Waals surface area contributed by atoms with E-state index in [0.29, 0.717) is 5.92 Å². The van der Waals surface area contributed by atoms with Gasteiger partial charge in [0.15, 0.2) is 0 Å². The Morgan fingerprint density at radius 3 is 2.50 bits per heavy atom. The lowest BCUT2D eigenvalue weighted by Crippen LogP contribution is -2.48. The predicted octanol–water partition coefficient (Wildman–Crippen LogP) is 4.61. The van der Waals surface area contributed by atoms with Crippen LogP contribution in [-0.2, 0) is 14.8 Å². The van der Waals surface area contributed by atoms with Gasteiger partial charge in [0.1, 0.15) is 11.8 Å². The summed E-state index contributed by atoms with van der Waals surface area (Å²) in [6, 6.07) is 13.1. The quantitative estimate of drug-likeness (QED) is 0.425. The van der Waals surface area contributed by atoms with E-state index in [2.05, 4.69) is 15.6 Å². The molecule has 0 radical (unpaired) electrons. The maximum atomic E-state index is 13.9. The predicted molar refractivity (Wildman–Crippen MR) is 145 cm³/mol. The molecule has 0 spiro atoms. The molecule has 2 amide bonds. The molecule has 198 valence electrons. The van der Waals surface area contributed by atoms with Gasteiger partial charge < -0.3 is 15.4 Å². The van der Waals surface area contributed by atoms with Crippen LogP contribution in [0.15, 0.2) is 59.6 Å².